The van der Waals surface area contributed by atoms with Crippen molar-refractivity contribution in [3.05, 3.63) is 10.4 Å². The zero-order chi connectivity index (χ0) is 17.5. The molecule has 0 fully saturated rings. The van der Waals surface area contributed by atoms with Crippen molar-refractivity contribution in [2.75, 3.05) is 39.6 Å². The summed E-state index contributed by atoms with van der Waals surface area (Å²) in [6.07, 6.45) is 0.0889. The summed E-state index contributed by atoms with van der Waals surface area (Å²) in [6, 6.07) is 0. The van der Waals surface area contributed by atoms with Crippen LogP contribution >= 0.6 is 22.4 Å². The molecule has 0 saturated carbocycles. The highest BCUT2D eigenvalue weighted by Crippen LogP contribution is 2.56. The van der Waals surface area contributed by atoms with E-state index in [1.165, 1.54) is 6.92 Å². The first-order chi connectivity index (χ1) is 10.8. The molecule has 1 aliphatic rings. The number of halogens is 1. The molecule has 11 heteroatoms. The van der Waals surface area contributed by atoms with Crippen molar-refractivity contribution in [1.29, 1.82) is 0 Å². The van der Waals surface area contributed by atoms with E-state index in [4.69, 9.17) is 30.9 Å². The van der Waals surface area contributed by atoms with Gasteiger partial charge in [0.2, 0.25) is 0 Å². The van der Waals surface area contributed by atoms with Gasteiger partial charge in [0.05, 0.1) is 39.6 Å². The molecule has 23 heavy (non-hydrogen) atoms. The smallest absolute Gasteiger partial charge is 0.332 e. The number of carboxylic acids is 1. The molecule has 3 N–H and O–H groups in total. The minimum absolute atomic E-state index is 0.00682. The van der Waals surface area contributed by atoms with Gasteiger partial charge in [0, 0.05) is 6.08 Å². The lowest BCUT2D eigenvalue weighted by atomic mass is 10.4. The predicted octanol–water partition coefficient (Wildman–Crippen LogP) is 1.10. The molecule has 0 aromatic rings. The Morgan fingerprint density at radius 1 is 1.26 bits per heavy atom. The van der Waals surface area contributed by atoms with Gasteiger partial charge >= 0.3 is 5.97 Å². The number of amides is 1. The fourth-order valence-corrected chi connectivity index (χ4v) is 2.99. The van der Waals surface area contributed by atoms with Gasteiger partial charge in [0.1, 0.15) is 0 Å². The zero-order valence-electron chi connectivity index (χ0n) is 12.5. The van der Waals surface area contributed by atoms with Gasteiger partial charge < -0.3 is 19.3 Å². The lowest BCUT2D eigenvalue weighted by Gasteiger charge is -2.36. The van der Waals surface area contributed by atoms with Gasteiger partial charge in [-0.3, -0.25) is 13.9 Å². The molecule has 0 aromatic carbocycles. The van der Waals surface area contributed by atoms with Crippen LogP contribution in [0.1, 0.15) is 6.92 Å². The summed E-state index contributed by atoms with van der Waals surface area (Å²) in [5, 5.41) is 8.58. The summed E-state index contributed by atoms with van der Waals surface area (Å²) in [4.78, 5) is 21.9. The minimum atomic E-state index is -3.40. The van der Waals surface area contributed by atoms with E-state index in [-0.39, 0.29) is 43.9 Å². The Labute approximate surface area is 140 Å². The van der Waals surface area contributed by atoms with Crippen molar-refractivity contribution in [1.82, 2.24) is 4.31 Å². The first-order valence-corrected chi connectivity index (χ1v) is 8.62. The molecule has 0 spiro atoms. The number of carbonyl (C=O) groups excluding carboxylic acids is 1. The fourth-order valence-electron chi connectivity index (χ4n) is 1.54. The van der Waals surface area contributed by atoms with Crippen molar-refractivity contribution >= 4 is 34.3 Å². The first-order valence-electron chi connectivity index (χ1n) is 6.73. The largest absolute Gasteiger partial charge is 0.479 e. The van der Waals surface area contributed by atoms with Crippen molar-refractivity contribution in [3.63, 3.8) is 0 Å². The standard InChI is InChI=1S/C12H20ClNO8S/c1-9(12(16)17)22-7-6-21-5-4-20-3-2-14-11(15)8-10(13)23(14,18)19/h8-9,18-19H,2-7H2,1H3,(H,16,17). The van der Waals surface area contributed by atoms with E-state index in [0.717, 1.165) is 10.4 Å². The normalized spacial score (nSPS) is 19.6. The Kier molecular flexibility index (Phi) is 8.26. The van der Waals surface area contributed by atoms with E-state index in [2.05, 4.69) is 0 Å². The summed E-state index contributed by atoms with van der Waals surface area (Å²) >= 11 is 5.57. The molecule has 1 unspecified atom stereocenters. The highest BCUT2D eigenvalue weighted by Gasteiger charge is 2.36. The Bertz CT molecular complexity index is 458. The summed E-state index contributed by atoms with van der Waals surface area (Å²) in [5.41, 5.74) is 0. The Balaban J connectivity index is 2.02. The molecule has 0 aliphatic carbocycles. The summed E-state index contributed by atoms with van der Waals surface area (Å²) in [6.45, 7) is 2.39. The first kappa shape index (κ1) is 20.2. The van der Waals surface area contributed by atoms with Crippen molar-refractivity contribution < 1.29 is 38.0 Å². The maximum Gasteiger partial charge on any atom is 0.332 e. The molecule has 9 nitrogen and oxygen atoms in total. The van der Waals surface area contributed by atoms with Crippen LogP contribution in [0.2, 0.25) is 0 Å². The number of nitrogens with zero attached hydrogens (tertiary/aromatic N) is 1. The number of ether oxygens (including phenoxy) is 3. The number of carboxylic acid groups (broad SMARTS) is 1. The van der Waals surface area contributed by atoms with Crippen LogP contribution < -0.4 is 0 Å². The average Bonchev–Trinajstić information content (AvgIpc) is 2.66. The van der Waals surface area contributed by atoms with Crippen molar-refractivity contribution in [2.24, 2.45) is 0 Å². The van der Waals surface area contributed by atoms with Crippen LogP contribution in [0.15, 0.2) is 10.4 Å². The monoisotopic (exact) mass is 373 g/mol. The van der Waals surface area contributed by atoms with Gasteiger partial charge in [-0.2, -0.15) is 0 Å². The highest BCUT2D eigenvalue weighted by molar-refractivity contribution is 8.27. The second-order valence-corrected chi connectivity index (χ2v) is 7.03. The lowest BCUT2D eigenvalue weighted by Crippen LogP contribution is -2.31. The van der Waals surface area contributed by atoms with E-state index in [1.807, 2.05) is 0 Å². The maximum absolute atomic E-state index is 11.5. The lowest BCUT2D eigenvalue weighted by molar-refractivity contribution is -0.150. The van der Waals surface area contributed by atoms with E-state index in [9.17, 15) is 18.7 Å². The third-order valence-electron chi connectivity index (χ3n) is 2.81. The zero-order valence-corrected chi connectivity index (χ0v) is 14.1. The predicted molar refractivity (Wildman–Crippen MR) is 83.2 cm³/mol. The van der Waals surface area contributed by atoms with Crippen LogP contribution in [0.25, 0.3) is 0 Å². The Morgan fingerprint density at radius 2 is 1.83 bits per heavy atom. The van der Waals surface area contributed by atoms with Crippen LogP contribution in [0.4, 0.5) is 0 Å². The SMILES string of the molecule is CC(OCCOCCOCCN1C(=O)C=C(Cl)S1(O)O)C(=O)O. The molecule has 1 heterocycles. The Hall–Kier alpha value is -0.880. The van der Waals surface area contributed by atoms with E-state index in [0.29, 0.717) is 0 Å². The quantitative estimate of drug-likeness (QED) is 0.459. The topological polar surface area (TPSA) is 126 Å². The number of aliphatic carboxylic acids is 1. The number of hydrogen-bond acceptors (Lipinski definition) is 7. The van der Waals surface area contributed by atoms with E-state index < -0.39 is 28.8 Å². The number of carbonyl (C=O) groups is 2. The van der Waals surface area contributed by atoms with Crippen molar-refractivity contribution in [2.45, 2.75) is 13.0 Å². The molecule has 0 saturated heterocycles. The molecule has 1 rings (SSSR count). The average molecular weight is 374 g/mol. The fraction of sp³-hybridized carbons (Fsp3) is 0.667. The molecule has 134 valence electrons. The van der Waals surface area contributed by atoms with Gasteiger partial charge in [-0.25, -0.2) is 9.10 Å². The van der Waals surface area contributed by atoms with E-state index >= 15 is 0 Å². The highest BCUT2D eigenvalue weighted by atomic mass is 35.5. The van der Waals surface area contributed by atoms with Gasteiger partial charge in [-0.05, 0) is 6.92 Å². The second kappa shape index (κ2) is 9.42. The third-order valence-corrected chi connectivity index (χ3v) is 5.15. The number of hydrogen-bond donors (Lipinski definition) is 3. The number of rotatable bonds is 11. The molecular weight excluding hydrogens is 354 g/mol. The summed E-state index contributed by atoms with van der Waals surface area (Å²) in [5.74, 6) is -1.61. The molecule has 0 bridgehead atoms. The van der Waals surface area contributed by atoms with Gasteiger partial charge in [0.25, 0.3) is 5.91 Å². The van der Waals surface area contributed by atoms with Crippen LogP contribution in [-0.2, 0) is 23.8 Å². The Morgan fingerprint density at radius 3 is 2.35 bits per heavy atom. The van der Waals surface area contributed by atoms with E-state index in [1.54, 1.807) is 0 Å². The molecule has 0 aromatic heterocycles. The molecule has 1 amide bonds. The van der Waals surface area contributed by atoms with Crippen LogP contribution in [0.5, 0.6) is 0 Å². The third kappa shape index (κ3) is 6.26. The molecule has 1 atom stereocenters. The minimum Gasteiger partial charge on any atom is -0.479 e. The molecule has 1 aliphatic heterocycles. The van der Waals surface area contributed by atoms with Crippen LogP contribution in [0.3, 0.4) is 0 Å². The maximum atomic E-state index is 11.5. The second-order valence-electron chi connectivity index (χ2n) is 4.48. The van der Waals surface area contributed by atoms with Crippen LogP contribution in [-0.4, -0.2) is 76.1 Å². The molecule has 0 radical (unpaired) electrons. The van der Waals surface area contributed by atoms with Gasteiger partial charge in [-0.15, -0.1) is 0 Å². The molecular formula is C12H20ClNO8S. The van der Waals surface area contributed by atoms with Crippen molar-refractivity contribution in [3.8, 4) is 0 Å². The van der Waals surface area contributed by atoms with Crippen LogP contribution in [0, 0.1) is 0 Å². The van der Waals surface area contributed by atoms with Gasteiger partial charge in [-0.1, -0.05) is 22.4 Å². The summed E-state index contributed by atoms with van der Waals surface area (Å²) < 4.78 is 35.3. The summed E-state index contributed by atoms with van der Waals surface area (Å²) in [7, 11) is -3.40. The van der Waals surface area contributed by atoms with Gasteiger partial charge in [0.15, 0.2) is 10.5 Å².